The molecule has 138 valence electrons. The van der Waals surface area contributed by atoms with Crippen LogP contribution in [0.15, 0.2) is 48.7 Å². The van der Waals surface area contributed by atoms with E-state index in [4.69, 9.17) is 4.74 Å². The minimum Gasteiger partial charge on any atom is -0.457 e. The molecule has 1 heterocycles. The van der Waals surface area contributed by atoms with E-state index in [1.165, 1.54) is 24.0 Å². The van der Waals surface area contributed by atoms with Crippen molar-refractivity contribution in [2.75, 3.05) is 6.61 Å². The Balaban J connectivity index is 1.30. The minimum atomic E-state index is -0.341. The highest BCUT2D eigenvalue weighted by Crippen LogP contribution is 2.22. The summed E-state index contributed by atoms with van der Waals surface area (Å²) in [6, 6.07) is 13.9. The number of para-hydroxylation sites is 1. The molecule has 0 bridgehead atoms. The summed E-state index contributed by atoms with van der Waals surface area (Å²) >= 11 is 0. The Morgan fingerprint density at radius 1 is 1.00 bits per heavy atom. The first-order valence-electron chi connectivity index (χ1n) is 9.56. The molecule has 0 spiro atoms. The Hall–Kier alpha value is -2.88. The van der Waals surface area contributed by atoms with Crippen LogP contribution in [0.25, 0.3) is 10.9 Å². The number of ketones is 1. The van der Waals surface area contributed by atoms with Gasteiger partial charge in [0.15, 0.2) is 12.4 Å². The second-order valence-electron chi connectivity index (χ2n) is 7.13. The largest absolute Gasteiger partial charge is 0.457 e. The lowest BCUT2D eigenvalue weighted by molar-refractivity contribution is -0.142. The van der Waals surface area contributed by atoms with Crippen molar-refractivity contribution < 1.29 is 14.3 Å². The van der Waals surface area contributed by atoms with E-state index in [0.717, 1.165) is 29.3 Å². The number of hydrogen-bond acceptors (Lipinski definition) is 3. The van der Waals surface area contributed by atoms with Crippen LogP contribution in [-0.4, -0.2) is 23.3 Å². The molecular formula is C23H23NO3. The number of nitrogens with one attached hydrogen (secondary N) is 1. The summed E-state index contributed by atoms with van der Waals surface area (Å²) in [7, 11) is 0. The number of hydrogen-bond donors (Lipinski definition) is 1. The van der Waals surface area contributed by atoms with E-state index in [1.807, 2.05) is 48.7 Å². The molecule has 0 radical (unpaired) electrons. The molecular weight excluding hydrogens is 338 g/mol. The van der Waals surface area contributed by atoms with Gasteiger partial charge in [-0.25, -0.2) is 0 Å². The van der Waals surface area contributed by atoms with E-state index < -0.39 is 0 Å². The smallest absolute Gasteiger partial charge is 0.306 e. The monoisotopic (exact) mass is 361 g/mol. The van der Waals surface area contributed by atoms with E-state index in [-0.39, 0.29) is 24.8 Å². The fraction of sp³-hybridized carbons (Fsp3) is 0.304. The van der Waals surface area contributed by atoms with Crippen molar-refractivity contribution in [2.24, 2.45) is 0 Å². The first kappa shape index (κ1) is 17.5. The zero-order chi connectivity index (χ0) is 18.6. The van der Waals surface area contributed by atoms with Gasteiger partial charge in [-0.05, 0) is 60.9 Å². The fourth-order valence-corrected chi connectivity index (χ4v) is 3.78. The number of H-pyrrole nitrogens is 1. The third kappa shape index (κ3) is 3.95. The summed E-state index contributed by atoms with van der Waals surface area (Å²) in [4.78, 5) is 27.6. The molecule has 1 aromatic heterocycles. The number of aryl methyl sites for hydroxylation is 3. The number of ether oxygens (including phenoxy) is 1. The number of benzene rings is 2. The first-order valence-corrected chi connectivity index (χ1v) is 9.56. The highest BCUT2D eigenvalue weighted by Gasteiger charge is 2.15. The van der Waals surface area contributed by atoms with Crippen molar-refractivity contribution in [2.45, 2.75) is 38.5 Å². The van der Waals surface area contributed by atoms with Gasteiger partial charge in [0.05, 0.1) is 0 Å². The van der Waals surface area contributed by atoms with E-state index in [2.05, 4.69) is 4.98 Å². The molecule has 1 aliphatic rings. The number of rotatable bonds is 6. The lowest BCUT2D eigenvalue weighted by Gasteiger charge is -2.16. The lowest BCUT2D eigenvalue weighted by atomic mass is 9.90. The van der Waals surface area contributed by atoms with Crippen LogP contribution in [0.2, 0.25) is 0 Å². The van der Waals surface area contributed by atoms with Gasteiger partial charge in [-0.3, -0.25) is 9.59 Å². The van der Waals surface area contributed by atoms with Crippen molar-refractivity contribution >= 4 is 22.7 Å². The fourth-order valence-electron chi connectivity index (χ4n) is 3.78. The Morgan fingerprint density at radius 3 is 2.70 bits per heavy atom. The number of carbonyl (C=O) groups is 2. The van der Waals surface area contributed by atoms with Gasteiger partial charge >= 0.3 is 5.97 Å². The predicted molar refractivity (Wildman–Crippen MR) is 105 cm³/mol. The Labute approximate surface area is 158 Å². The van der Waals surface area contributed by atoms with Crippen molar-refractivity contribution in [3.8, 4) is 0 Å². The molecule has 0 atom stereocenters. The Morgan fingerprint density at radius 2 is 1.81 bits per heavy atom. The maximum absolute atomic E-state index is 12.4. The number of esters is 1. The van der Waals surface area contributed by atoms with E-state index >= 15 is 0 Å². The van der Waals surface area contributed by atoms with Crippen LogP contribution in [0.5, 0.6) is 0 Å². The SMILES string of the molecule is O=C(CCc1c[nH]c2ccccc12)OCC(=O)c1ccc2c(c1)CCCC2. The van der Waals surface area contributed by atoms with E-state index in [9.17, 15) is 9.59 Å². The van der Waals surface area contributed by atoms with Crippen LogP contribution in [0, 0.1) is 0 Å². The zero-order valence-electron chi connectivity index (χ0n) is 15.3. The van der Waals surface area contributed by atoms with E-state index in [1.54, 1.807) is 0 Å². The standard InChI is InChI=1S/C23H23NO3/c25-22(18-10-9-16-5-1-2-6-17(16)13-18)15-27-23(26)12-11-19-14-24-21-8-4-3-7-20(19)21/h3-4,7-10,13-14,24H,1-2,5-6,11-12,15H2. The normalized spacial score (nSPS) is 13.3. The summed E-state index contributed by atoms with van der Waals surface area (Å²) < 4.78 is 5.21. The van der Waals surface area contributed by atoms with Crippen LogP contribution in [0.4, 0.5) is 0 Å². The van der Waals surface area contributed by atoms with Crippen molar-refractivity contribution in [3.63, 3.8) is 0 Å². The van der Waals surface area contributed by atoms with Crippen molar-refractivity contribution in [1.82, 2.24) is 4.98 Å². The van der Waals surface area contributed by atoms with Gasteiger partial charge in [0, 0.05) is 29.1 Å². The van der Waals surface area contributed by atoms with Gasteiger partial charge < -0.3 is 9.72 Å². The molecule has 3 aromatic rings. The van der Waals surface area contributed by atoms with Crippen LogP contribution in [0.1, 0.15) is 46.3 Å². The zero-order valence-corrected chi connectivity index (χ0v) is 15.3. The number of carbonyl (C=O) groups excluding carboxylic acids is 2. The molecule has 0 fully saturated rings. The van der Waals surface area contributed by atoms with Gasteiger partial charge in [-0.1, -0.05) is 30.3 Å². The number of aromatic amines is 1. The number of fused-ring (bicyclic) bond motifs is 2. The molecule has 0 amide bonds. The van der Waals surface area contributed by atoms with Gasteiger partial charge in [-0.2, -0.15) is 0 Å². The topological polar surface area (TPSA) is 59.2 Å². The molecule has 1 aliphatic carbocycles. The molecule has 0 saturated carbocycles. The Bertz CT molecular complexity index is 986. The molecule has 4 rings (SSSR count). The summed E-state index contributed by atoms with van der Waals surface area (Å²) in [6.07, 6.45) is 7.29. The second kappa shape index (κ2) is 7.78. The molecule has 27 heavy (non-hydrogen) atoms. The third-order valence-corrected chi connectivity index (χ3v) is 5.31. The Kier molecular flexibility index (Phi) is 5.05. The predicted octanol–water partition coefficient (Wildman–Crippen LogP) is 4.41. The third-order valence-electron chi connectivity index (χ3n) is 5.31. The molecule has 2 aromatic carbocycles. The average Bonchev–Trinajstić information content (AvgIpc) is 3.13. The summed E-state index contributed by atoms with van der Waals surface area (Å²) in [5, 5.41) is 1.12. The van der Waals surface area contributed by atoms with Crippen LogP contribution >= 0.6 is 0 Å². The molecule has 1 N–H and O–H groups in total. The van der Waals surface area contributed by atoms with Crippen LogP contribution < -0.4 is 0 Å². The van der Waals surface area contributed by atoms with E-state index in [0.29, 0.717) is 12.0 Å². The average molecular weight is 361 g/mol. The van der Waals surface area contributed by atoms with Gasteiger partial charge in [0.1, 0.15) is 0 Å². The molecule has 0 aliphatic heterocycles. The summed E-state index contributed by atoms with van der Waals surface area (Å²) in [5.41, 5.74) is 5.39. The van der Waals surface area contributed by atoms with Gasteiger partial charge in [0.2, 0.25) is 0 Å². The number of aromatic nitrogens is 1. The summed E-state index contributed by atoms with van der Waals surface area (Å²) in [6.45, 7) is -0.189. The maximum atomic E-state index is 12.4. The highest BCUT2D eigenvalue weighted by molar-refractivity contribution is 5.98. The molecule has 0 saturated heterocycles. The van der Waals surface area contributed by atoms with Gasteiger partial charge in [-0.15, -0.1) is 0 Å². The molecule has 4 nitrogen and oxygen atoms in total. The lowest BCUT2D eigenvalue weighted by Crippen LogP contribution is -2.15. The van der Waals surface area contributed by atoms with Crippen molar-refractivity contribution in [1.29, 1.82) is 0 Å². The maximum Gasteiger partial charge on any atom is 0.306 e. The van der Waals surface area contributed by atoms with Crippen LogP contribution in [0.3, 0.4) is 0 Å². The van der Waals surface area contributed by atoms with Crippen LogP contribution in [-0.2, 0) is 28.8 Å². The quantitative estimate of drug-likeness (QED) is 0.523. The van der Waals surface area contributed by atoms with Gasteiger partial charge in [0.25, 0.3) is 0 Å². The number of Topliss-reactive ketones (excluding diaryl/α,β-unsaturated/α-hetero) is 1. The summed E-state index contributed by atoms with van der Waals surface area (Å²) in [5.74, 6) is -0.476. The minimum absolute atomic E-state index is 0.135. The first-order chi connectivity index (χ1) is 13.2. The highest BCUT2D eigenvalue weighted by atomic mass is 16.5. The second-order valence-corrected chi connectivity index (χ2v) is 7.13. The molecule has 4 heteroatoms. The molecule has 0 unspecified atom stereocenters. The van der Waals surface area contributed by atoms with Crippen molar-refractivity contribution in [3.05, 3.63) is 70.9 Å².